The molecule has 0 fully saturated rings. The molecule has 40 heavy (non-hydrogen) atoms. The average molecular weight is 542 g/mol. The first kappa shape index (κ1) is 25.2. The third-order valence-corrected chi connectivity index (χ3v) is 6.69. The van der Waals surface area contributed by atoms with Gasteiger partial charge >= 0.3 is 6.18 Å². The second-order valence-corrected chi connectivity index (χ2v) is 9.55. The Kier molecular flexibility index (Phi) is 6.25. The van der Waals surface area contributed by atoms with Crippen LogP contribution >= 0.6 is 0 Å². The number of nitrogens with one attached hydrogen (secondary N) is 3. The molecular formula is C29H22F3N7O. The summed E-state index contributed by atoms with van der Waals surface area (Å²) < 4.78 is 38.4. The molecule has 3 N–H and O–H groups in total. The van der Waals surface area contributed by atoms with Crippen molar-refractivity contribution in [2.45, 2.75) is 25.4 Å². The number of H-pyrrole nitrogens is 2. The van der Waals surface area contributed by atoms with Gasteiger partial charge in [0.25, 0.3) is 0 Å². The number of pyridine rings is 1. The molecule has 0 aliphatic heterocycles. The second kappa shape index (κ2) is 9.92. The predicted molar refractivity (Wildman–Crippen MR) is 145 cm³/mol. The maximum Gasteiger partial charge on any atom is 0.433 e. The van der Waals surface area contributed by atoms with Crippen molar-refractivity contribution >= 4 is 39.1 Å². The first-order chi connectivity index (χ1) is 19.2. The van der Waals surface area contributed by atoms with Crippen LogP contribution in [0.25, 0.3) is 33.2 Å². The molecule has 200 valence electrons. The number of hydrogen-bond acceptors (Lipinski definition) is 6. The summed E-state index contributed by atoms with van der Waals surface area (Å²) in [6.45, 7) is 1.79. The summed E-state index contributed by atoms with van der Waals surface area (Å²) in [6.07, 6.45) is 0.222. The molecule has 6 rings (SSSR count). The van der Waals surface area contributed by atoms with Crippen molar-refractivity contribution in [3.8, 4) is 11.4 Å². The van der Waals surface area contributed by atoms with Crippen LogP contribution in [0.1, 0.15) is 41.0 Å². The summed E-state index contributed by atoms with van der Waals surface area (Å²) in [5.41, 5.74) is 3.35. The van der Waals surface area contributed by atoms with E-state index < -0.39 is 11.9 Å². The number of carbonyl (C=O) groups is 1. The van der Waals surface area contributed by atoms with Crippen molar-refractivity contribution in [3.05, 3.63) is 96.2 Å². The lowest BCUT2D eigenvalue weighted by atomic mass is 9.96. The Bertz CT molecular complexity index is 1840. The SMILES string of the molecule is C[C@@H](CC(=O)c1cc2ccc(-c3nccc(Nc4ccc5[nH]ncc5c4)n3)cc2[nH]1)c1ccc(C(F)(F)F)nc1. The highest BCUT2D eigenvalue weighted by Crippen LogP contribution is 2.30. The maximum absolute atomic E-state index is 13.0. The van der Waals surface area contributed by atoms with E-state index in [0.29, 0.717) is 22.9 Å². The molecule has 0 spiro atoms. The van der Waals surface area contributed by atoms with Crippen LogP contribution in [0.5, 0.6) is 0 Å². The Morgan fingerprint density at radius 2 is 1.82 bits per heavy atom. The summed E-state index contributed by atoms with van der Waals surface area (Å²) in [5.74, 6) is 0.688. The van der Waals surface area contributed by atoms with E-state index in [1.54, 1.807) is 31.5 Å². The summed E-state index contributed by atoms with van der Waals surface area (Å²) in [7, 11) is 0. The van der Waals surface area contributed by atoms with Crippen LogP contribution in [-0.2, 0) is 6.18 Å². The van der Waals surface area contributed by atoms with E-state index in [1.807, 2.05) is 36.4 Å². The summed E-state index contributed by atoms with van der Waals surface area (Å²) >= 11 is 0. The fraction of sp³-hybridized carbons (Fsp3) is 0.138. The van der Waals surface area contributed by atoms with E-state index >= 15 is 0 Å². The monoisotopic (exact) mass is 541 g/mol. The number of ketones is 1. The minimum absolute atomic E-state index is 0.119. The van der Waals surface area contributed by atoms with Gasteiger partial charge in [-0.15, -0.1) is 0 Å². The Morgan fingerprint density at radius 3 is 2.62 bits per heavy atom. The molecule has 2 aromatic carbocycles. The minimum Gasteiger partial charge on any atom is -0.352 e. The van der Waals surface area contributed by atoms with Gasteiger partial charge in [-0.1, -0.05) is 25.1 Å². The van der Waals surface area contributed by atoms with E-state index in [2.05, 4.69) is 35.5 Å². The van der Waals surface area contributed by atoms with E-state index in [9.17, 15) is 18.0 Å². The van der Waals surface area contributed by atoms with Crippen LogP contribution in [0.4, 0.5) is 24.7 Å². The number of rotatable bonds is 7. The molecule has 0 unspecified atom stereocenters. The van der Waals surface area contributed by atoms with Gasteiger partial charge in [0.1, 0.15) is 11.5 Å². The topological polar surface area (TPSA) is 112 Å². The molecule has 1 atom stereocenters. The first-order valence-corrected chi connectivity index (χ1v) is 12.5. The van der Waals surface area contributed by atoms with Crippen molar-refractivity contribution in [2.24, 2.45) is 0 Å². The number of carbonyl (C=O) groups excluding carboxylic acids is 1. The van der Waals surface area contributed by atoms with Gasteiger partial charge in [0, 0.05) is 46.4 Å². The van der Waals surface area contributed by atoms with Crippen molar-refractivity contribution in [1.82, 2.24) is 30.1 Å². The normalized spacial score (nSPS) is 12.6. The lowest BCUT2D eigenvalue weighted by molar-refractivity contribution is -0.141. The number of aromatic nitrogens is 6. The van der Waals surface area contributed by atoms with Crippen LogP contribution < -0.4 is 5.32 Å². The third kappa shape index (κ3) is 5.13. The number of halogens is 3. The Labute approximate surface area is 225 Å². The number of fused-ring (bicyclic) bond motifs is 2. The smallest absolute Gasteiger partial charge is 0.352 e. The Morgan fingerprint density at radius 1 is 0.950 bits per heavy atom. The molecule has 0 saturated carbocycles. The Hall–Kier alpha value is -5.06. The van der Waals surface area contributed by atoms with E-state index in [-0.39, 0.29) is 18.1 Å². The highest BCUT2D eigenvalue weighted by molar-refractivity contribution is 6.00. The van der Waals surface area contributed by atoms with Crippen molar-refractivity contribution in [3.63, 3.8) is 0 Å². The fourth-order valence-corrected chi connectivity index (χ4v) is 4.52. The lowest BCUT2D eigenvalue weighted by Crippen LogP contribution is -2.09. The molecule has 6 aromatic rings. The van der Waals surface area contributed by atoms with Crippen LogP contribution in [0.2, 0.25) is 0 Å². The number of benzene rings is 2. The van der Waals surface area contributed by atoms with Gasteiger partial charge in [0.15, 0.2) is 11.6 Å². The van der Waals surface area contributed by atoms with Crippen LogP contribution in [-0.4, -0.2) is 35.9 Å². The van der Waals surface area contributed by atoms with Gasteiger partial charge in [-0.2, -0.15) is 18.3 Å². The van der Waals surface area contributed by atoms with E-state index in [1.165, 1.54) is 12.3 Å². The number of nitrogens with zero attached hydrogens (tertiary/aromatic N) is 4. The van der Waals surface area contributed by atoms with Crippen LogP contribution in [0.3, 0.4) is 0 Å². The molecule has 11 heteroatoms. The lowest BCUT2D eigenvalue weighted by Gasteiger charge is -2.12. The van der Waals surface area contributed by atoms with Gasteiger partial charge in [0.05, 0.1) is 17.4 Å². The summed E-state index contributed by atoms with van der Waals surface area (Å²) in [4.78, 5) is 28.7. The standard InChI is InChI=1S/C29H22F3N7O/c1-16(19-4-7-26(34-14-19)29(30,31)32)10-25(40)24-12-17-2-3-18(13-23(17)37-24)28-33-9-8-27(38-28)36-21-5-6-22-20(11-21)15-35-39-22/h2-9,11-16,37H,10H2,1H3,(H,35,39)(H,33,36,38)/t16-/m0/s1. The fourth-order valence-electron chi connectivity index (χ4n) is 4.52. The van der Waals surface area contributed by atoms with Crippen molar-refractivity contribution in [1.29, 1.82) is 0 Å². The Balaban J connectivity index is 1.18. The first-order valence-electron chi connectivity index (χ1n) is 12.5. The number of alkyl halides is 3. The number of Topliss-reactive ketones (excluding diaryl/α,β-unsaturated/α-hetero) is 1. The zero-order chi connectivity index (χ0) is 27.9. The van der Waals surface area contributed by atoms with Crippen molar-refractivity contribution < 1.29 is 18.0 Å². The number of anilines is 2. The molecule has 0 bridgehead atoms. The number of hydrogen-bond donors (Lipinski definition) is 3. The zero-order valence-corrected chi connectivity index (χ0v) is 21.1. The molecule has 4 aromatic heterocycles. The van der Waals surface area contributed by atoms with Crippen molar-refractivity contribution in [2.75, 3.05) is 5.32 Å². The second-order valence-electron chi connectivity index (χ2n) is 9.55. The summed E-state index contributed by atoms with van der Waals surface area (Å²) in [5, 5.41) is 12.1. The highest BCUT2D eigenvalue weighted by Gasteiger charge is 2.32. The highest BCUT2D eigenvalue weighted by atomic mass is 19.4. The zero-order valence-electron chi connectivity index (χ0n) is 21.1. The third-order valence-electron chi connectivity index (χ3n) is 6.69. The van der Waals surface area contributed by atoms with Gasteiger partial charge in [-0.3, -0.25) is 14.9 Å². The van der Waals surface area contributed by atoms with Gasteiger partial charge in [-0.05, 0) is 53.9 Å². The molecule has 0 aliphatic carbocycles. The molecule has 0 saturated heterocycles. The predicted octanol–water partition coefficient (Wildman–Crippen LogP) is 7.04. The van der Waals surface area contributed by atoms with E-state index in [0.717, 1.165) is 39.1 Å². The molecule has 0 aliphatic rings. The quantitative estimate of drug-likeness (QED) is 0.187. The largest absolute Gasteiger partial charge is 0.433 e. The molecule has 0 radical (unpaired) electrons. The molecule has 0 amide bonds. The molecule has 4 heterocycles. The minimum atomic E-state index is -4.50. The van der Waals surface area contributed by atoms with Gasteiger partial charge in [-0.25, -0.2) is 9.97 Å². The average Bonchev–Trinajstić information content (AvgIpc) is 3.59. The molecule has 8 nitrogen and oxygen atoms in total. The van der Waals surface area contributed by atoms with E-state index in [4.69, 9.17) is 0 Å². The molecular weight excluding hydrogens is 519 g/mol. The number of aromatic amines is 2. The maximum atomic E-state index is 13.0. The van der Waals surface area contributed by atoms with Crippen LogP contribution in [0, 0.1) is 0 Å². The van der Waals surface area contributed by atoms with Gasteiger partial charge in [0.2, 0.25) is 0 Å². The van der Waals surface area contributed by atoms with Crippen LogP contribution in [0.15, 0.2) is 79.3 Å². The van der Waals surface area contributed by atoms with Gasteiger partial charge < -0.3 is 10.3 Å². The summed E-state index contributed by atoms with van der Waals surface area (Å²) in [6, 6.07) is 17.3.